The van der Waals surface area contributed by atoms with Gasteiger partial charge in [-0.05, 0) is 41.9 Å². The van der Waals surface area contributed by atoms with Crippen molar-refractivity contribution in [3.8, 4) is 6.07 Å². The summed E-state index contributed by atoms with van der Waals surface area (Å²) < 4.78 is 0. The molecule has 3 rings (SSSR count). The Morgan fingerprint density at radius 1 is 1.43 bits per heavy atom. The number of rotatable bonds is 3. The van der Waals surface area contributed by atoms with E-state index in [1.165, 1.54) is 19.3 Å². The molecule has 21 heavy (non-hydrogen) atoms. The van der Waals surface area contributed by atoms with Gasteiger partial charge < -0.3 is 0 Å². The van der Waals surface area contributed by atoms with Crippen LogP contribution in [0.15, 0.2) is 29.4 Å². The third kappa shape index (κ3) is 2.56. The lowest BCUT2D eigenvalue weighted by Crippen LogP contribution is -2.22. The van der Waals surface area contributed by atoms with Crippen molar-refractivity contribution in [2.45, 2.75) is 32.6 Å². The molecule has 0 aromatic heterocycles. The molecule has 2 aliphatic carbocycles. The van der Waals surface area contributed by atoms with Crippen molar-refractivity contribution in [2.24, 2.45) is 22.4 Å². The lowest BCUT2D eigenvalue weighted by Gasteiger charge is -2.15. The van der Waals surface area contributed by atoms with Gasteiger partial charge in [0, 0.05) is 5.92 Å². The number of amides is 1. The van der Waals surface area contributed by atoms with E-state index in [9.17, 15) is 4.79 Å². The standard InChI is InChI=1S/C17H19N3O/c1-17-9-3-2-4-14(17)15(17)16(21)20-19-11-13-7-5-12(10-18)6-8-13/h5-8,11,14-15H,2-4,9H2,1H3,(H,20,21)/b19-11+/t14-,15+,17+/m1/s1. The maximum atomic E-state index is 12.2. The summed E-state index contributed by atoms with van der Waals surface area (Å²) in [6.45, 7) is 2.23. The van der Waals surface area contributed by atoms with Crippen molar-refractivity contribution in [2.75, 3.05) is 0 Å². The van der Waals surface area contributed by atoms with Crippen molar-refractivity contribution < 1.29 is 4.79 Å². The molecule has 4 heteroatoms. The van der Waals surface area contributed by atoms with Gasteiger partial charge in [-0.15, -0.1) is 0 Å². The third-order valence-electron chi connectivity index (χ3n) is 5.04. The maximum Gasteiger partial charge on any atom is 0.244 e. The summed E-state index contributed by atoms with van der Waals surface area (Å²) in [7, 11) is 0. The minimum atomic E-state index is 0.0503. The predicted molar refractivity (Wildman–Crippen MR) is 80.4 cm³/mol. The fourth-order valence-electron chi connectivity index (χ4n) is 3.73. The van der Waals surface area contributed by atoms with Crippen LogP contribution in [-0.4, -0.2) is 12.1 Å². The fraction of sp³-hybridized carbons (Fsp3) is 0.471. The molecule has 3 atom stereocenters. The van der Waals surface area contributed by atoms with E-state index in [2.05, 4.69) is 23.5 Å². The quantitative estimate of drug-likeness (QED) is 0.684. The Bertz CT molecular complexity index is 614. The molecule has 0 bridgehead atoms. The molecule has 0 saturated heterocycles. The minimum Gasteiger partial charge on any atom is -0.273 e. The molecular formula is C17H19N3O. The lowest BCUT2D eigenvalue weighted by atomic mass is 9.90. The van der Waals surface area contributed by atoms with E-state index in [0.29, 0.717) is 11.5 Å². The van der Waals surface area contributed by atoms with Crippen molar-refractivity contribution >= 4 is 12.1 Å². The largest absolute Gasteiger partial charge is 0.273 e. The van der Waals surface area contributed by atoms with Crippen LogP contribution in [0.4, 0.5) is 0 Å². The Morgan fingerprint density at radius 2 is 2.19 bits per heavy atom. The zero-order valence-corrected chi connectivity index (χ0v) is 12.2. The first-order valence-electron chi connectivity index (χ1n) is 7.48. The molecular weight excluding hydrogens is 262 g/mol. The number of nitriles is 1. The normalized spacial score (nSPS) is 30.5. The predicted octanol–water partition coefficient (Wildman–Crippen LogP) is 2.83. The molecule has 4 nitrogen and oxygen atoms in total. The number of hydrogen-bond acceptors (Lipinski definition) is 3. The van der Waals surface area contributed by atoms with Crippen LogP contribution in [0.3, 0.4) is 0 Å². The Labute approximate surface area is 124 Å². The molecule has 108 valence electrons. The zero-order valence-electron chi connectivity index (χ0n) is 12.2. The van der Waals surface area contributed by atoms with Crippen molar-refractivity contribution in [1.82, 2.24) is 5.43 Å². The topological polar surface area (TPSA) is 65.2 Å². The summed E-state index contributed by atoms with van der Waals surface area (Å²) in [5.74, 6) is 0.740. The molecule has 2 fully saturated rings. The number of nitrogens with zero attached hydrogens (tertiary/aromatic N) is 2. The lowest BCUT2D eigenvalue weighted by molar-refractivity contribution is -0.123. The van der Waals surface area contributed by atoms with E-state index < -0.39 is 0 Å². The van der Waals surface area contributed by atoms with Gasteiger partial charge in [0.1, 0.15) is 0 Å². The van der Waals surface area contributed by atoms with Gasteiger partial charge in [0.15, 0.2) is 0 Å². The van der Waals surface area contributed by atoms with Crippen molar-refractivity contribution in [3.63, 3.8) is 0 Å². The molecule has 0 unspecified atom stereocenters. The van der Waals surface area contributed by atoms with Crippen LogP contribution in [0, 0.1) is 28.6 Å². The van der Waals surface area contributed by atoms with E-state index in [1.54, 1.807) is 18.3 Å². The molecule has 0 radical (unpaired) electrons. The molecule has 0 heterocycles. The second-order valence-electron chi connectivity index (χ2n) is 6.30. The van der Waals surface area contributed by atoms with Gasteiger partial charge in [-0.25, -0.2) is 5.43 Å². The van der Waals surface area contributed by atoms with Crippen LogP contribution in [0.2, 0.25) is 0 Å². The van der Waals surface area contributed by atoms with Gasteiger partial charge in [0.2, 0.25) is 5.91 Å². The highest BCUT2D eigenvalue weighted by Gasteiger charge is 2.64. The van der Waals surface area contributed by atoms with Gasteiger partial charge >= 0.3 is 0 Å². The summed E-state index contributed by atoms with van der Waals surface area (Å²) in [5, 5.41) is 12.8. The highest BCUT2D eigenvalue weighted by atomic mass is 16.2. The molecule has 1 aromatic carbocycles. The van der Waals surface area contributed by atoms with Gasteiger partial charge in [-0.1, -0.05) is 31.9 Å². The second kappa shape index (κ2) is 5.33. The number of carbonyl (C=O) groups excluding carboxylic acids is 1. The van der Waals surface area contributed by atoms with Crippen LogP contribution in [0.5, 0.6) is 0 Å². The molecule has 2 aliphatic rings. The second-order valence-corrected chi connectivity index (χ2v) is 6.30. The Kier molecular flexibility index (Phi) is 3.50. The molecule has 0 aliphatic heterocycles. The van der Waals surface area contributed by atoms with Crippen LogP contribution in [0.1, 0.15) is 43.7 Å². The maximum absolute atomic E-state index is 12.2. The monoisotopic (exact) mass is 281 g/mol. The van der Waals surface area contributed by atoms with Crippen molar-refractivity contribution in [3.05, 3.63) is 35.4 Å². The summed E-state index contributed by atoms with van der Waals surface area (Å²) in [6, 6.07) is 9.17. The first-order chi connectivity index (χ1) is 10.1. The minimum absolute atomic E-state index is 0.0503. The fourth-order valence-corrected chi connectivity index (χ4v) is 3.73. The SMILES string of the molecule is C[C@]12CCCC[C@@H]1[C@H]2C(=O)N/N=C/c1ccc(C#N)cc1. The van der Waals surface area contributed by atoms with Gasteiger partial charge in [0.05, 0.1) is 17.8 Å². The van der Waals surface area contributed by atoms with Crippen LogP contribution < -0.4 is 5.43 Å². The molecule has 1 amide bonds. The first-order valence-corrected chi connectivity index (χ1v) is 7.48. The summed E-state index contributed by atoms with van der Waals surface area (Å²) in [6.07, 6.45) is 6.44. The summed E-state index contributed by atoms with van der Waals surface area (Å²) >= 11 is 0. The molecule has 1 N–H and O–H groups in total. The molecule has 1 aromatic rings. The zero-order chi connectivity index (χ0) is 14.9. The van der Waals surface area contributed by atoms with Crippen LogP contribution >= 0.6 is 0 Å². The highest BCUT2D eigenvalue weighted by Crippen LogP contribution is 2.66. The Balaban J connectivity index is 1.56. The number of hydrogen-bond donors (Lipinski definition) is 1. The highest BCUT2D eigenvalue weighted by molar-refractivity contribution is 5.85. The average Bonchev–Trinajstić information content (AvgIpc) is 3.13. The van der Waals surface area contributed by atoms with Crippen LogP contribution in [-0.2, 0) is 4.79 Å². The van der Waals surface area contributed by atoms with E-state index in [1.807, 2.05) is 12.1 Å². The van der Waals surface area contributed by atoms with Crippen molar-refractivity contribution in [1.29, 1.82) is 5.26 Å². The van der Waals surface area contributed by atoms with E-state index in [4.69, 9.17) is 5.26 Å². The van der Waals surface area contributed by atoms with E-state index >= 15 is 0 Å². The van der Waals surface area contributed by atoms with Gasteiger partial charge in [-0.3, -0.25) is 4.79 Å². The third-order valence-corrected chi connectivity index (χ3v) is 5.04. The Morgan fingerprint density at radius 3 is 2.81 bits per heavy atom. The van der Waals surface area contributed by atoms with E-state index in [0.717, 1.165) is 12.0 Å². The van der Waals surface area contributed by atoms with Crippen LogP contribution in [0.25, 0.3) is 0 Å². The van der Waals surface area contributed by atoms with Gasteiger partial charge in [0.25, 0.3) is 0 Å². The summed E-state index contributed by atoms with van der Waals surface area (Å²) in [5.41, 5.74) is 4.37. The summed E-state index contributed by atoms with van der Waals surface area (Å²) in [4.78, 5) is 12.2. The number of hydrazone groups is 1. The smallest absolute Gasteiger partial charge is 0.244 e. The number of nitrogens with one attached hydrogen (secondary N) is 1. The number of carbonyl (C=O) groups is 1. The van der Waals surface area contributed by atoms with Gasteiger partial charge in [-0.2, -0.15) is 10.4 Å². The molecule has 0 spiro atoms. The average molecular weight is 281 g/mol. The Hall–Kier alpha value is -2.15. The molecule has 2 saturated carbocycles. The van der Waals surface area contributed by atoms with E-state index in [-0.39, 0.29) is 17.2 Å². The number of fused-ring (bicyclic) bond motifs is 1. The first kappa shape index (κ1) is 13.8. The number of benzene rings is 1.